The molecule has 0 aliphatic carbocycles. The fourth-order valence-electron chi connectivity index (χ4n) is 1.58. The van der Waals surface area contributed by atoms with E-state index in [0.29, 0.717) is 19.5 Å². The Labute approximate surface area is 96.1 Å². The van der Waals surface area contributed by atoms with Gasteiger partial charge in [-0.2, -0.15) is 0 Å². The van der Waals surface area contributed by atoms with Crippen molar-refractivity contribution >= 4 is 12.0 Å². The lowest BCUT2D eigenvalue weighted by molar-refractivity contribution is -0.121. The van der Waals surface area contributed by atoms with Crippen molar-refractivity contribution in [3.05, 3.63) is 0 Å². The fraction of sp³-hybridized carbons (Fsp3) is 0.818. The van der Waals surface area contributed by atoms with Gasteiger partial charge >= 0.3 is 6.09 Å². The SMILES string of the molecule is C[C@H]1CC(=O)NCCN1C(=O)OC(C)(C)C. The molecule has 2 amide bonds. The quantitative estimate of drug-likeness (QED) is 0.676. The second kappa shape index (κ2) is 4.72. The van der Waals surface area contributed by atoms with Crippen LogP contribution in [0.1, 0.15) is 34.1 Å². The van der Waals surface area contributed by atoms with E-state index < -0.39 is 5.60 Å². The molecule has 0 radical (unpaired) electrons. The van der Waals surface area contributed by atoms with Gasteiger partial charge in [0.05, 0.1) is 0 Å². The molecule has 92 valence electrons. The van der Waals surface area contributed by atoms with Gasteiger partial charge in [-0.25, -0.2) is 4.79 Å². The summed E-state index contributed by atoms with van der Waals surface area (Å²) >= 11 is 0. The van der Waals surface area contributed by atoms with Gasteiger partial charge in [-0.15, -0.1) is 0 Å². The molecule has 0 aromatic rings. The van der Waals surface area contributed by atoms with Crippen LogP contribution in [-0.2, 0) is 9.53 Å². The van der Waals surface area contributed by atoms with Crippen molar-refractivity contribution in [2.24, 2.45) is 0 Å². The number of ether oxygens (including phenoxy) is 1. The molecule has 0 unspecified atom stereocenters. The van der Waals surface area contributed by atoms with Gasteiger partial charge < -0.3 is 15.0 Å². The first-order valence-electron chi connectivity index (χ1n) is 5.56. The molecule has 1 heterocycles. The van der Waals surface area contributed by atoms with E-state index in [1.807, 2.05) is 27.7 Å². The van der Waals surface area contributed by atoms with Crippen LogP contribution in [0.2, 0.25) is 0 Å². The van der Waals surface area contributed by atoms with Crippen molar-refractivity contribution in [1.82, 2.24) is 10.2 Å². The number of nitrogens with one attached hydrogen (secondary N) is 1. The average Bonchev–Trinajstić information content (AvgIpc) is 2.23. The van der Waals surface area contributed by atoms with E-state index in [4.69, 9.17) is 4.74 Å². The van der Waals surface area contributed by atoms with Gasteiger partial charge in [0.2, 0.25) is 5.91 Å². The molecule has 1 aliphatic rings. The van der Waals surface area contributed by atoms with Gasteiger partial charge in [0.1, 0.15) is 5.60 Å². The van der Waals surface area contributed by atoms with Crippen LogP contribution in [0.3, 0.4) is 0 Å². The van der Waals surface area contributed by atoms with Gasteiger partial charge in [0, 0.05) is 25.6 Å². The fourth-order valence-corrected chi connectivity index (χ4v) is 1.58. The summed E-state index contributed by atoms with van der Waals surface area (Å²) in [5.41, 5.74) is -0.499. The molecule has 16 heavy (non-hydrogen) atoms. The van der Waals surface area contributed by atoms with E-state index in [-0.39, 0.29) is 18.0 Å². The zero-order valence-electron chi connectivity index (χ0n) is 10.4. The third-order valence-electron chi connectivity index (χ3n) is 2.32. The summed E-state index contributed by atoms with van der Waals surface area (Å²) < 4.78 is 5.29. The summed E-state index contributed by atoms with van der Waals surface area (Å²) in [6.07, 6.45) is -0.0179. The van der Waals surface area contributed by atoms with Gasteiger partial charge in [0.25, 0.3) is 0 Å². The molecule has 1 aliphatic heterocycles. The molecule has 1 fully saturated rings. The first-order valence-corrected chi connectivity index (χ1v) is 5.56. The minimum atomic E-state index is -0.499. The molecule has 0 aromatic heterocycles. The van der Waals surface area contributed by atoms with Crippen LogP contribution in [0.4, 0.5) is 4.79 Å². The van der Waals surface area contributed by atoms with E-state index in [9.17, 15) is 9.59 Å². The van der Waals surface area contributed by atoms with Crippen LogP contribution in [0.5, 0.6) is 0 Å². The second-order valence-electron chi connectivity index (χ2n) is 5.08. The number of hydrogen-bond donors (Lipinski definition) is 1. The van der Waals surface area contributed by atoms with Crippen LogP contribution in [0, 0.1) is 0 Å². The first-order chi connectivity index (χ1) is 7.29. The molecule has 1 rings (SSSR count). The van der Waals surface area contributed by atoms with E-state index in [0.717, 1.165) is 0 Å². The highest BCUT2D eigenvalue weighted by Crippen LogP contribution is 2.14. The van der Waals surface area contributed by atoms with Crippen molar-refractivity contribution in [2.45, 2.75) is 45.8 Å². The third kappa shape index (κ3) is 3.72. The molecular formula is C11H20N2O3. The summed E-state index contributed by atoms with van der Waals surface area (Å²) in [5, 5.41) is 2.73. The molecule has 1 saturated heterocycles. The van der Waals surface area contributed by atoms with Gasteiger partial charge in [-0.3, -0.25) is 4.79 Å². The predicted octanol–water partition coefficient (Wildman–Crippen LogP) is 1.13. The van der Waals surface area contributed by atoms with Crippen molar-refractivity contribution in [3.63, 3.8) is 0 Å². The Kier molecular flexibility index (Phi) is 3.78. The molecule has 5 heteroatoms. The first kappa shape index (κ1) is 12.8. The van der Waals surface area contributed by atoms with Gasteiger partial charge in [-0.05, 0) is 27.7 Å². The highest BCUT2D eigenvalue weighted by atomic mass is 16.6. The van der Waals surface area contributed by atoms with E-state index in [1.165, 1.54) is 0 Å². The smallest absolute Gasteiger partial charge is 0.410 e. The maximum Gasteiger partial charge on any atom is 0.410 e. The summed E-state index contributed by atoms with van der Waals surface area (Å²) in [6.45, 7) is 8.34. The predicted molar refractivity (Wildman–Crippen MR) is 60.0 cm³/mol. The normalized spacial score (nSPS) is 22.4. The Hall–Kier alpha value is -1.26. The molecule has 0 spiro atoms. The minimum absolute atomic E-state index is 0.0152. The highest BCUT2D eigenvalue weighted by Gasteiger charge is 2.28. The molecule has 1 N–H and O–H groups in total. The maximum absolute atomic E-state index is 11.8. The lowest BCUT2D eigenvalue weighted by Gasteiger charge is -2.29. The lowest BCUT2D eigenvalue weighted by Crippen LogP contribution is -2.42. The number of carbonyl (C=O) groups excluding carboxylic acids is 2. The number of rotatable bonds is 0. The van der Waals surface area contributed by atoms with E-state index in [2.05, 4.69) is 5.32 Å². The Morgan fingerprint density at radius 2 is 2.12 bits per heavy atom. The van der Waals surface area contributed by atoms with E-state index in [1.54, 1.807) is 4.90 Å². The van der Waals surface area contributed by atoms with Gasteiger partial charge in [0.15, 0.2) is 0 Å². The van der Waals surface area contributed by atoms with Crippen molar-refractivity contribution < 1.29 is 14.3 Å². The number of amides is 2. The highest BCUT2D eigenvalue weighted by molar-refractivity contribution is 5.78. The van der Waals surface area contributed by atoms with Gasteiger partial charge in [-0.1, -0.05) is 0 Å². The van der Waals surface area contributed by atoms with Crippen LogP contribution in [-0.4, -0.2) is 41.6 Å². The standard InChI is InChI=1S/C11H20N2O3/c1-8-7-9(14)12-5-6-13(8)10(15)16-11(2,3)4/h8H,5-7H2,1-4H3,(H,12,14)/t8-/m0/s1. The Morgan fingerprint density at radius 1 is 1.50 bits per heavy atom. The second-order valence-corrected chi connectivity index (χ2v) is 5.08. The monoisotopic (exact) mass is 228 g/mol. The van der Waals surface area contributed by atoms with Crippen LogP contribution < -0.4 is 5.32 Å². The number of nitrogens with zero attached hydrogens (tertiary/aromatic N) is 1. The molecule has 0 aromatic carbocycles. The zero-order valence-corrected chi connectivity index (χ0v) is 10.4. The molecule has 5 nitrogen and oxygen atoms in total. The average molecular weight is 228 g/mol. The molecule has 0 saturated carbocycles. The lowest BCUT2D eigenvalue weighted by atomic mass is 10.2. The maximum atomic E-state index is 11.8. The zero-order chi connectivity index (χ0) is 12.3. The Morgan fingerprint density at radius 3 is 2.69 bits per heavy atom. The topological polar surface area (TPSA) is 58.6 Å². The minimum Gasteiger partial charge on any atom is -0.444 e. The van der Waals surface area contributed by atoms with Crippen molar-refractivity contribution in [3.8, 4) is 0 Å². The summed E-state index contributed by atoms with van der Waals surface area (Å²) in [7, 11) is 0. The van der Waals surface area contributed by atoms with Crippen molar-refractivity contribution in [2.75, 3.05) is 13.1 Å². The summed E-state index contributed by atoms with van der Waals surface area (Å²) in [6, 6.07) is -0.114. The van der Waals surface area contributed by atoms with Crippen LogP contribution in [0.15, 0.2) is 0 Å². The molecule has 0 bridgehead atoms. The van der Waals surface area contributed by atoms with Crippen LogP contribution in [0.25, 0.3) is 0 Å². The largest absolute Gasteiger partial charge is 0.444 e. The Bertz CT molecular complexity index is 283. The summed E-state index contributed by atoms with van der Waals surface area (Å²) in [4.78, 5) is 24.7. The molecular weight excluding hydrogens is 208 g/mol. The molecule has 1 atom stereocenters. The van der Waals surface area contributed by atoms with Crippen LogP contribution >= 0.6 is 0 Å². The number of carbonyl (C=O) groups is 2. The van der Waals surface area contributed by atoms with E-state index >= 15 is 0 Å². The third-order valence-corrected chi connectivity index (χ3v) is 2.32. The Balaban J connectivity index is 2.64. The summed E-state index contributed by atoms with van der Waals surface area (Å²) in [5.74, 6) is -0.0152. The number of hydrogen-bond acceptors (Lipinski definition) is 3. The van der Waals surface area contributed by atoms with Crippen molar-refractivity contribution in [1.29, 1.82) is 0 Å².